The summed E-state index contributed by atoms with van der Waals surface area (Å²) in [5.41, 5.74) is 0.957. The smallest absolute Gasteiger partial charge is 0.231 e. The Morgan fingerprint density at radius 1 is 1.19 bits per heavy atom. The van der Waals surface area contributed by atoms with Crippen LogP contribution in [0.2, 0.25) is 0 Å². The number of ether oxygens (including phenoxy) is 3. The first-order chi connectivity index (χ1) is 12.8. The van der Waals surface area contributed by atoms with E-state index in [1.807, 2.05) is 22.9 Å². The molecular formula is C19H26N4O3. The van der Waals surface area contributed by atoms with Gasteiger partial charge in [0.1, 0.15) is 5.82 Å². The summed E-state index contributed by atoms with van der Waals surface area (Å²) in [6, 6.07) is 6.21. The van der Waals surface area contributed by atoms with E-state index in [4.69, 9.17) is 24.3 Å². The van der Waals surface area contributed by atoms with Crippen molar-refractivity contribution in [2.75, 3.05) is 34.1 Å². The largest absolute Gasteiger partial charge is 0.454 e. The molecule has 0 radical (unpaired) electrons. The molecule has 7 heteroatoms. The highest BCUT2D eigenvalue weighted by molar-refractivity contribution is 5.50. The van der Waals surface area contributed by atoms with Crippen LogP contribution in [0.25, 0.3) is 5.69 Å². The lowest BCUT2D eigenvalue weighted by Gasteiger charge is -2.25. The van der Waals surface area contributed by atoms with Crippen LogP contribution in [0.5, 0.6) is 11.5 Å². The lowest BCUT2D eigenvalue weighted by atomic mass is 10.1. The Morgan fingerprint density at radius 3 is 2.96 bits per heavy atom. The lowest BCUT2D eigenvalue weighted by Crippen LogP contribution is -2.26. The summed E-state index contributed by atoms with van der Waals surface area (Å²) in [5.74, 6) is 3.36. The number of hydrogen-bond acceptors (Lipinski definition) is 6. The Labute approximate surface area is 153 Å². The van der Waals surface area contributed by atoms with Gasteiger partial charge in [0.2, 0.25) is 6.79 Å². The molecule has 2 aliphatic heterocycles. The first-order valence-electron chi connectivity index (χ1n) is 9.31. The zero-order chi connectivity index (χ0) is 17.9. The first-order valence-corrected chi connectivity index (χ1v) is 9.31. The maximum Gasteiger partial charge on any atom is 0.231 e. The van der Waals surface area contributed by atoms with Crippen molar-refractivity contribution in [3.8, 4) is 17.2 Å². The number of benzene rings is 1. The lowest BCUT2D eigenvalue weighted by molar-refractivity contribution is 0.174. The van der Waals surface area contributed by atoms with Crippen molar-refractivity contribution in [3.63, 3.8) is 0 Å². The predicted octanol–water partition coefficient (Wildman–Crippen LogP) is 2.73. The molecule has 1 atom stereocenters. The van der Waals surface area contributed by atoms with Crippen LogP contribution in [-0.4, -0.2) is 53.8 Å². The van der Waals surface area contributed by atoms with Crippen LogP contribution < -0.4 is 9.47 Å². The van der Waals surface area contributed by atoms with E-state index in [1.165, 1.54) is 19.3 Å². The van der Waals surface area contributed by atoms with Crippen LogP contribution in [0.3, 0.4) is 0 Å². The van der Waals surface area contributed by atoms with Crippen molar-refractivity contribution < 1.29 is 14.2 Å². The summed E-state index contributed by atoms with van der Waals surface area (Å²) >= 11 is 0. The molecule has 0 N–H and O–H groups in total. The minimum Gasteiger partial charge on any atom is -0.454 e. The fourth-order valence-corrected chi connectivity index (χ4v) is 3.67. The second kappa shape index (κ2) is 7.63. The Kier molecular flexibility index (Phi) is 5.08. The number of hydrogen-bond donors (Lipinski definition) is 0. The third-order valence-electron chi connectivity index (χ3n) is 5.13. The molecule has 140 valence electrons. The van der Waals surface area contributed by atoms with Crippen LogP contribution in [0.1, 0.15) is 43.4 Å². The number of methoxy groups -OCH3 is 1. The number of nitrogens with zero attached hydrogens (tertiary/aromatic N) is 4. The third-order valence-corrected chi connectivity index (χ3v) is 5.13. The molecule has 26 heavy (non-hydrogen) atoms. The number of rotatable bonds is 5. The zero-order valence-corrected chi connectivity index (χ0v) is 15.5. The Morgan fingerprint density at radius 2 is 2.08 bits per heavy atom. The van der Waals surface area contributed by atoms with Gasteiger partial charge in [-0.2, -0.15) is 5.10 Å². The summed E-state index contributed by atoms with van der Waals surface area (Å²) in [5, 5.41) is 4.79. The highest BCUT2D eigenvalue weighted by Crippen LogP contribution is 2.35. The number of fused-ring (bicyclic) bond motifs is 1. The highest BCUT2D eigenvalue weighted by Gasteiger charge is 2.27. The third kappa shape index (κ3) is 3.41. The molecular weight excluding hydrogens is 332 g/mol. The van der Waals surface area contributed by atoms with E-state index in [0.29, 0.717) is 13.0 Å². The minimum absolute atomic E-state index is 0.270. The van der Waals surface area contributed by atoms with E-state index in [1.54, 1.807) is 7.11 Å². The van der Waals surface area contributed by atoms with Crippen LogP contribution in [0.4, 0.5) is 0 Å². The van der Waals surface area contributed by atoms with Crippen molar-refractivity contribution in [1.82, 2.24) is 19.7 Å². The van der Waals surface area contributed by atoms with E-state index in [9.17, 15) is 0 Å². The molecule has 1 saturated heterocycles. The normalized spacial score (nSPS) is 20.3. The van der Waals surface area contributed by atoms with Gasteiger partial charge in [0.25, 0.3) is 0 Å². The van der Waals surface area contributed by atoms with E-state index in [-0.39, 0.29) is 12.8 Å². The standard InChI is InChI=1S/C19H26N4O3/c1-22-10-5-3-4-6-15(22)19-20-18(9-11-24-2)21-23(19)14-7-8-16-17(12-14)26-13-25-16/h7-8,12,15H,3-6,9-11,13H2,1-2H3. The van der Waals surface area contributed by atoms with Gasteiger partial charge in [-0.1, -0.05) is 12.8 Å². The molecule has 0 saturated carbocycles. The van der Waals surface area contributed by atoms with Crippen molar-refractivity contribution in [3.05, 3.63) is 29.8 Å². The van der Waals surface area contributed by atoms with Gasteiger partial charge in [-0.05, 0) is 38.6 Å². The second-order valence-corrected chi connectivity index (χ2v) is 6.92. The van der Waals surface area contributed by atoms with Gasteiger partial charge >= 0.3 is 0 Å². The molecule has 1 fully saturated rings. The molecule has 7 nitrogen and oxygen atoms in total. The molecule has 0 spiro atoms. The number of aromatic nitrogens is 3. The average Bonchev–Trinajstić information content (AvgIpc) is 3.23. The molecule has 1 aromatic heterocycles. The topological polar surface area (TPSA) is 61.6 Å². The number of likely N-dealkylation sites (tertiary alicyclic amines) is 1. The molecule has 3 heterocycles. The maximum atomic E-state index is 5.54. The van der Waals surface area contributed by atoms with Gasteiger partial charge in [-0.15, -0.1) is 0 Å². The Bertz CT molecular complexity index is 761. The van der Waals surface area contributed by atoms with Crippen LogP contribution >= 0.6 is 0 Å². The Hall–Kier alpha value is -2.12. The fourth-order valence-electron chi connectivity index (χ4n) is 3.67. The zero-order valence-electron chi connectivity index (χ0n) is 15.5. The maximum absolute atomic E-state index is 5.54. The summed E-state index contributed by atoms with van der Waals surface area (Å²) in [4.78, 5) is 7.29. The minimum atomic E-state index is 0.270. The molecule has 1 aromatic carbocycles. The molecule has 1 unspecified atom stereocenters. The first kappa shape index (κ1) is 17.3. The average molecular weight is 358 g/mol. The van der Waals surface area contributed by atoms with E-state index >= 15 is 0 Å². The van der Waals surface area contributed by atoms with Crippen molar-refractivity contribution in [1.29, 1.82) is 0 Å². The van der Waals surface area contributed by atoms with Crippen LogP contribution in [0.15, 0.2) is 18.2 Å². The van der Waals surface area contributed by atoms with Gasteiger partial charge in [-0.3, -0.25) is 4.90 Å². The van der Waals surface area contributed by atoms with Crippen molar-refractivity contribution >= 4 is 0 Å². The quantitative estimate of drug-likeness (QED) is 0.819. The molecule has 4 rings (SSSR count). The molecule has 0 amide bonds. The van der Waals surface area contributed by atoms with Gasteiger partial charge in [0.15, 0.2) is 17.3 Å². The molecule has 0 bridgehead atoms. The van der Waals surface area contributed by atoms with E-state index in [0.717, 1.165) is 41.8 Å². The van der Waals surface area contributed by atoms with Gasteiger partial charge in [0.05, 0.1) is 18.3 Å². The molecule has 2 aliphatic rings. The highest BCUT2D eigenvalue weighted by atomic mass is 16.7. The fraction of sp³-hybridized carbons (Fsp3) is 0.579. The Balaban J connectivity index is 1.73. The van der Waals surface area contributed by atoms with Gasteiger partial charge in [0, 0.05) is 19.6 Å². The van der Waals surface area contributed by atoms with Gasteiger partial charge in [-0.25, -0.2) is 9.67 Å². The van der Waals surface area contributed by atoms with Crippen LogP contribution in [0, 0.1) is 0 Å². The molecule has 0 aliphatic carbocycles. The SMILES string of the molecule is COCCc1nc(C2CCCCCN2C)n(-c2ccc3c(c2)OCO3)n1. The predicted molar refractivity (Wildman–Crippen MR) is 96.9 cm³/mol. The van der Waals surface area contributed by atoms with E-state index in [2.05, 4.69) is 11.9 Å². The monoisotopic (exact) mass is 358 g/mol. The second-order valence-electron chi connectivity index (χ2n) is 6.92. The van der Waals surface area contributed by atoms with Crippen molar-refractivity contribution in [2.45, 2.75) is 38.1 Å². The van der Waals surface area contributed by atoms with Gasteiger partial charge < -0.3 is 14.2 Å². The van der Waals surface area contributed by atoms with E-state index < -0.39 is 0 Å². The summed E-state index contributed by atoms with van der Waals surface area (Å²) in [7, 11) is 3.89. The summed E-state index contributed by atoms with van der Waals surface area (Å²) < 4.78 is 18.2. The van der Waals surface area contributed by atoms with Crippen molar-refractivity contribution in [2.24, 2.45) is 0 Å². The molecule has 2 aromatic rings. The summed E-state index contributed by atoms with van der Waals surface area (Å²) in [6.45, 7) is 1.98. The summed E-state index contributed by atoms with van der Waals surface area (Å²) in [6.07, 6.45) is 5.54. The van der Waals surface area contributed by atoms with Crippen LogP contribution in [-0.2, 0) is 11.2 Å².